The molecule has 1 fully saturated rings. The van der Waals surface area contributed by atoms with Gasteiger partial charge in [-0.1, -0.05) is 13.3 Å². The molecule has 1 aromatic heterocycles. The molecular weight excluding hydrogens is 476 g/mol. The van der Waals surface area contributed by atoms with Crippen LogP contribution in [0.25, 0.3) is 22.3 Å². The molecule has 192 valence electrons. The number of hydrogen-bond donors (Lipinski definition) is 6. The van der Waals surface area contributed by atoms with Crippen LogP contribution in [0.4, 0.5) is 0 Å². The highest BCUT2D eigenvalue weighted by Gasteiger charge is 2.48. The van der Waals surface area contributed by atoms with Gasteiger partial charge >= 0.3 is 0 Å². The van der Waals surface area contributed by atoms with Crippen molar-refractivity contribution in [3.8, 4) is 28.6 Å². The minimum atomic E-state index is -1.83. The van der Waals surface area contributed by atoms with Crippen molar-refractivity contribution in [1.29, 1.82) is 0 Å². The van der Waals surface area contributed by atoms with Gasteiger partial charge in [0, 0.05) is 23.8 Å². The maximum Gasteiger partial charge on any atom is 0.229 e. The normalized spacial score (nSPS) is 25.0. The molecule has 3 aromatic rings. The summed E-state index contributed by atoms with van der Waals surface area (Å²) in [6.07, 6.45) is -9.64. The zero-order valence-corrected chi connectivity index (χ0v) is 19.1. The Hall–Kier alpha value is -3.48. The number of aromatic hydroxyl groups is 2. The molecule has 6 N–H and O–H groups in total. The van der Waals surface area contributed by atoms with E-state index in [9.17, 15) is 40.2 Å². The van der Waals surface area contributed by atoms with Crippen LogP contribution in [-0.2, 0) is 9.53 Å². The smallest absolute Gasteiger partial charge is 0.229 e. The summed E-state index contributed by atoms with van der Waals surface area (Å²) in [5, 5.41) is 60.6. The first-order chi connectivity index (χ1) is 17.1. The molecule has 2 heterocycles. The first-order valence-corrected chi connectivity index (χ1v) is 11.3. The second kappa shape index (κ2) is 10.2. The second-order valence-corrected chi connectivity index (χ2v) is 8.56. The fraction of sp³-hybridized carbons (Fsp3) is 0.360. The molecule has 0 bridgehead atoms. The highest BCUT2D eigenvalue weighted by molar-refractivity contribution is 5.88. The number of rotatable bonds is 7. The molecule has 0 radical (unpaired) electrons. The van der Waals surface area contributed by atoms with Gasteiger partial charge in [-0.2, -0.15) is 0 Å². The SMILES string of the molecule is CCCC(O)C(=O)[C@H]1O[C@@H](Oc2cc(O)c3c(=O)cc(-c4ccc(O)cc4)oc3c2)[C@H](O)[C@@H](O)[C@@H]1O. The van der Waals surface area contributed by atoms with Crippen molar-refractivity contribution < 1.29 is 49.3 Å². The molecule has 2 aromatic carbocycles. The molecule has 36 heavy (non-hydrogen) atoms. The molecule has 4 rings (SSSR count). The highest BCUT2D eigenvalue weighted by atomic mass is 16.7. The Bertz CT molecular complexity index is 1300. The number of phenolic OH excluding ortho intramolecular Hbond substituents is 2. The van der Waals surface area contributed by atoms with E-state index in [0.29, 0.717) is 12.0 Å². The summed E-state index contributed by atoms with van der Waals surface area (Å²) in [5.74, 6) is -1.35. The van der Waals surface area contributed by atoms with Crippen molar-refractivity contribution in [2.24, 2.45) is 0 Å². The number of carbonyl (C=O) groups is 1. The van der Waals surface area contributed by atoms with E-state index in [1.165, 1.54) is 36.4 Å². The van der Waals surface area contributed by atoms with Crippen LogP contribution in [0.15, 0.2) is 51.7 Å². The van der Waals surface area contributed by atoms with Gasteiger partial charge in [0.05, 0.1) is 0 Å². The third kappa shape index (κ3) is 4.92. The number of phenols is 2. The van der Waals surface area contributed by atoms with Crippen LogP contribution < -0.4 is 10.2 Å². The predicted octanol–water partition coefficient (Wildman–Crippen LogP) is 0.788. The molecule has 0 aliphatic carbocycles. The van der Waals surface area contributed by atoms with Crippen LogP contribution in [-0.4, -0.2) is 73.2 Å². The summed E-state index contributed by atoms with van der Waals surface area (Å²) in [7, 11) is 0. The number of benzene rings is 2. The maximum atomic E-state index is 12.6. The summed E-state index contributed by atoms with van der Waals surface area (Å²) >= 11 is 0. The fourth-order valence-corrected chi connectivity index (χ4v) is 4.00. The Kier molecular flexibility index (Phi) is 7.29. The quantitative estimate of drug-likeness (QED) is 0.268. The van der Waals surface area contributed by atoms with E-state index in [2.05, 4.69) is 0 Å². The number of ether oxygens (including phenoxy) is 2. The van der Waals surface area contributed by atoms with Crippen LogP contribution in [0.5, 0.6) is 17.2 Å². The topological polar surface area (TPSA) is 187 Å². The average Bonchev–Trinajstić information content (AvgIpc) is 2.84. The van der Waals surface area contributed by atoms with E-state index in [-0.39, 0.29) is 34.6 Å². The van der Waals surface area contributed by atoms with E-state index >= 15 is 0 Å². The van der Waals surface area contributed by atoms with Gasteiger partial charge in [0.2, 0.25) is 6.29 Å². The summed E-state index contributed by atoms with van der Waals surface area (Å²) in [6.45, 7) is 1.75. The van der Waals surface area contributed by atoms with E-state index < -0.39 is 53.8 Å². The molecule has 11 heteroatoms. The molecule has 1 saturated heterocycles. The van der Waals surface area contributed by atoms with Crippen molar-refractivity contribution in [1.82, 2.24) is 0 Å². The monoisotopic (exact) mass is 502 g/mol. The molecule has 11 nitrogen and oxygen atoms in total. The Balaban J connectivity index is 1.66. The largest absolute Gasteiger partial charge is 0.508 e. The van der Waals surface area contributed by atoms with Crippen LogP contribution in [0.2, 0.25) is 0 Å². The van der Waals surface area contributed by atoms with Crippen LogP contribution in [0.1, 0.15) is 19.8 Å². The lowest BCUT2D eigenvalue weighted by molar-refractivity contribution is -0.267. The van der Waals surface area contributed by atoms with Gasteiger partial charge < -0.3 is 44.5 Å². The molecular formula is C25H26O11. The molecule has 6 atom stereocenters. The van der Waals surface area contributed by atoms with E-state index in [1.54, 1.807) is 6.92 Å². The number of hydrogen-bond acceptors (Lipinski definition) is 11. The summed E-state index contributed by atoms with van der Waals surface area (Å²) in [5.41, 5.74) is -0.142. The average molecular weight is 502 g/mol. The number of aliphatic hydroxyl groups is 4. The molecule has 0 spiro atoms. The van der Waals surface area contributed by atoms with Gasteiger partial charge in [0.25, 0.3) is 0 Å². The Morgan fingerprint density at radius 2 is 1.72 bits per heavy atom. The molecule has 1 unspecified atom stereocenters. The van der Waals surface area contributed by atoms with Gasteiger partial charge in [-0.15, -0.1) is 0 Å². The molecule has 0 saturated carbocycles. The Morgan fingerprint density at radius 1 is 1.03 bits per heavy atom. The van der Waals surface area contributed by atoms with Gasteiger partial charge in [-0.25, -0.2) is 0 Å². The summed E-state index contributed by atoms with van der Waals surface area (Å²) in [4.78, 5) is 25.2. The molecule has 1 aliphatic heterocycles. The van der Waals surface area contributed by atoms with Crippen molar-refractivity contribution in [3.63, 3.8) is 0 Å². The third-order valence-electron chi connectivity index (χ3n) is 5.93. The van der Waals surface area contributed by atoms with E-state index in [1.807, 2.05) is 0 Å². The van der Waals surface area contributed by atoms with E-state index in [0.717, 1.165) is 6.07 Å². The lowest BCUT2D eigenvalue weighted by atomic mass is 9.93. The summed E-state index contributed by atoms with van der Waals surface area (Å²) in [6, 6.07) is 9.37. The van der Waals surface area contributed by atoms with Crippen molar-refractivity contribution >= 4 is 16.8 Å². The van der Waals surface area contributed by atoms with Crippen molar-refractivity contribution in [2.45, 2.75) is 56.6 Å². The van der Waals surface area contributed by atoms with Crippen LogP contribution >= 0.6 is 0 Å². The molecule has 0 amide bonds. The Labute approximate surface area is 204 Å². The van der Waals surface area contributed by atoms with Gasteiger partial charge in [0.15, 0.2) is 17.3 Å². The number of carbonyl (C=O) groups excluding carboxylic acids is 1. The molecule has 1 aliphatic rings. The van der Waals surface area contributed by atoms with Gasteiger partial charge in [-0.3, -0.25) is 9.59 Å². The fourth-order valence-electron chi connectivity index (χ4n) is 4.00. The number of fused-ring (bicyclic) bond motifs is 1. The Morgan fingerprint density at radius 3 is 2.39 bits per heavy atom. The number of aliphatic hydroxyl groups excluding tert-OH is 4. The number of Topliss-reactive ketones (excluding diaryl/α,β-unsaturated/α-hetero) is 1. The van der Waals surface area contributed by atoms with Gasteiger partial charge in [0.1, 0.15) is 58.4 Å². The number of ketones is 1. The van der Waals surface area contributed by atoms with Crippen LogP contribution in [0, 0.1) is 0 Å². The third-order valence-corrected chi connectivity index (χ3v) is 5.93. The maximum absolute atomic E-state index is 12.6. The first kappa shape index (κ1) is 25.6. The zero-order valence-electron chi connectivity index (χ0n) is 19.1. The van der Waals surface area contributed by atoms with E-state index in [4.69, 9.17) is 13.9 Å². The standard InChI is InChI=1S/C25H26O11/c1-2-3-14(27)20(30)24-22(32)21(31)23(33)25(36-24)34-13-8-15(28)19-16(29)10-17(35-18(19)9-13)11-4-6-12(26)7-5-11/h4-10,14,21-28,31-33H,2-3H2,1H3/t14?,21-,22-,23+,24+,25+/m0/s1. The highest BCUT2D eigenvalue weighted by Crippen LogP contribution is 2.33. The second-order valence-electron chi connectivity index (χ2n) is 8.56. The van der Waals surface area contributed by atoms with Gasteiger partial charge in [-0.05, 0) is 30.7 Å². The first-order valence-electron chi connectivity index (χ1n) is 11.3. The van der Waals surface area contributed by atoms with Crippen molar-refractivity contribution in [3.05, 3.63) is 52.7 Å². The zero-order chi connectivity index (χ0) is 26.1. The lowest BCUT2D eigenvalue weighted by Crippen LogP contribution is -2.62. The summed E-state index contributed by atoms with van der Waals surface area (Å²) < 4.78 is 16.7. The lowest BCUT2D eigenvalue weighted by Gasteiger charge is -2.40. The minimum Gasteiger partial charge on any atom is -0.508 e. The van der Waals surface area contributed by atoms with Crippen LogP contribution in [0.3, 0.4) is 0 Å². The van der Waals surface area contributed by atoms with Crippen molar-refractivity contribution in [2.75, 3.05) is 0 Å². The predicted molar refractivity (Wildman–Crippen MR) is 124 cm³/mol. The minimum absolute atomic E-state index is 0.0209.